The number of nitrogens with zero attached hydrogens (tertiary/aromatic N) is 5. The van der Waals surface area contributed by atoms with E-state index in [-0.39, 0.29) is 21.1 Å². The van der Waals surface area contributed by atoms with E-state index in [9.17, 15) is 0 Å². The minimum absolute atomic E-state index is 0. The van der Waals surface area contributed by atoms with E-state index in [0.717, 1.165) is 72.5 Å². The molecule has 1 aliphatic heterocycles. The molecular weight excluding hydrogens is 746 g/mol. The Kier molecular flexibility index (Phi) is 6.70. The van der Waals surface area contributed by atoms with Gasteiger partial charge in [-0.3, -0.25) is 4.98 Å². The maximum Gasteiger partial charge on any atom is 0.102 e. The van der Waals surface area contributed by atoms with Gasteiger partial charge in [-0.15, -0.1) is 47.6 Å². The number of hydrogen-bond donors (Lipinski definition) is 0. The van der Waals surface area contributed by atoms with E-state index in [1.807, 2.05) is 24.3 Å². The van der Waals surface area contributed by atoms with Crippen LogP contribution < -0.4 is 9.80 Å². The van der Waals surface area contributed by atoms with Gasteiger partial charge in [0.15, 0.2) is 0 Å². The molecule has 0 unspecified atom stereocenters. The summed E-state index contributed by atoms with van der Waals surface area (Å²) in [6, 6.07) is 51.3. The predicted molar refractivity (Wildman–Crippen MR) is 183 cm³/mol. The van der Waals surface area contributed by atoms with Gasteiger partial charge in [0, 0.05) is 60.3 Å². The quantitative estimate of drug-likeness (QED) is 0.132. The van der Waals surface area contributed by atoms with Crippen molar-refractivity contribution < 1.29 is 21.1 Å². The number of imidazole rings is 1. The Hall–Kier alpha value is -4.99. The van der Waals surface area contributed by atoms with Gasteiger partial charge in [0.1, 0.15) is 5.65 Å². The summed E-state index contributed by atoms with van der Waals surface area (Å²) < 4.78 is 2.23. The zero-order valence-electron chi connectivity index (χ0n) is 25.3. The topological polar surface area (TPSA) is 36.7 Å². The first-order chi connectivity index (χ1) is 22.1. The third-order valence-electron chi connectivity index (χ3n) is 9.03. The molecule has 5 aromatic carbocycles. The third-order valence-corrected chi connectivity index (χ3v) is 9.03. The van der Waals surface area contributed by atoms with Gasteiger partial charge in [-0.1, -0.05) is 61.7 Å². The van der Waals surface area contributed by atoms with Crippen LogP contribution in [0.15, 0.2) is 127 Å². The van der Waals surface area contributed by atoms with E-state index in [2.05, 4.69) is 150 Å². The molecule has 6 heteroatoms. The van der Waals surface area contributed by atoms with Gasteiger partial charge in [0.2, 0.25) is 0 Å². The largest absolute Gasteiger partial charge is 0.493 e. The van der Waals surface area contributed by atoms with Gasteiger partial charge in [-0.25, -0.2) is 4.98 Å². The van der Waals surface area contributed by atoms with Crippen molar-refractivity contribution in [3.05, 3.63) is 157 Å². The molecule has 226 valence electrons. The van der Waals surface area contributed by atoms with E-state index in [1.165, 1.54) is 0 Å². The van der Waals surface area contributed by atoms with E-state index in [0.29, 0.717) is 0 Å². The van der Waals surface area contributed by atoms with Crippen LogP contribution in [0.1, 0.15) is 25.1 Å². The maximum absolute atomic E-state index is 5.37. The summed E-state index contributed by atoms with van der Waals surface area (Å²) >= 11 is 0. The van der Waals surface area contributed by atoms with Crippen LogP contribution in [0.5, 0.6) is 0 Å². The molecule has 9 rings (SSSR count). The molecule has 0 N–H and O–H groups in total. The van der Waals surface area contributed by atoms with Crippen molar-refractivity contribution in [2.24, 2.45) is 0 Å². The average Bonchev–Trinajstić information content (AvgIpc) is 3.69. The van der Waals surface area contributed by atoms with Gasteiger partial charge in [0.05, 0.1) is 11.0 Å². The van der Waals surface area contributed by atoms with Crippen LogP contribution in [0, 0.1) is 18.8 Å². The Morgan fingerprint density at radius 1 is 0.674 bits per heavy atom. The fourth-order valence-electron chi connectivity index (χ4n) is 6.63. The second-order valence-electron chi connectivity index (χ2n) is 12.0. The van der Waals surface area contributed by atoms with Crippen molar-refractivity contribution in [1.82, 2.24) is 14.4 Å². The van der Waals surface area contributed by atoms with E-state index >= 15 is 0 Å². The van der Waals surface area contributed by atoms with Crippen LogP contribution >= 0.6 is 0 Å². The number of pyridine rings is 2. The molecule has 1 aliphatic rings. The van der Waals surface area contributed by atoms with Gasteiger partial charge in [-0.2, -0.15) is 24.3 Å². The Morgan fingerprint density at radius 3 is 2.28 bits per heavy atom. The molecule has 0 radical (unpaired) electrons. The number of benzene rings is 5. The first-order valence-electron chi connectivity index (χ1n) is 15.2. The van der Waals surface area contributed by atoms with E-state index in [4.69, 9.17) is 9.97 Å². The predicted octanol–water partition coefficient (Wildman–Crippen LogP) is 9.52. The summed E-state index contributed by atoms with van der Waals surface area (Å²) in [5.74, 6) is 0. The van der Waals surface area contributed by atoms with Crippen molar-refractivity contribution >= 4 is 61.2 Å². The summed E-state index contributed by atoms with van der Waals surface area (Å²) in [4.78, 5) is 14.8. The molecule has 3 aromatic heterocycles. The van der Waals surface area contributed by atoms with E-state index in [1.54, 1.807) is 0 Å². The van der Waals surface area contributed by atoms with Gasteiger partial charge in [-0.05, 0) is 48.5 Å². The van der Waals surface area contributed by atoms with Crippen molar-refractivity contribution in [2.75, 3.05) is 9.80 Å². The molecule has 0 bridgehead atoms. The average molecular weight is 774 g/mol. The second-order valence-corrected chi connectivity index (χ2v) is 12.0. The van der Waals surface area contributed by atoms with Crippen LogP contribution in [0.4, 0.5) is 22.7 Å². The fourth-order valence-corrected chi connectivity index (χ4v) is 6.63. The summed E-state index contributed by atoms with van der Waals surface area (Å²) in [6.45, 7) is 6.61. The molecule has 0 saturated carbocycles. The number of aromatic nitrogens is 3. The van der Waals surface area contributed by atoms with Crippen molar-refractivity contribution in [1.29, 1.82) is 0 Å². The molecule has 4 heterocycles. The number of fused-ring (bicyclic) bond motifs is 9. The second kappa shape index (κ2) is 10.8. The standard InChI is InChI=1S/C40H28N5.Pt/c1-40(2,27-13-12-16-29(25-27)44-26-43(28-14-4-3-5-15-28)34-21-10-11-22-35(34)44)37-24-23-36-38(42-37)30-17-6-7-18-31(30)39-41-32-19-8-9-20-33(32)45(36)39;/h3-16,18-24,26H,1-2H3;/q-3;. The molecule has 0 saturated heterocycles. The Labute approximate surface area is 282 Å². The zero-order valence-corrected chi connectivity index (χ0v) is 27.5. The molecule has 0 amide bonds. The monoisotopic (exact) mass is 773 g/mol. The third kappa shape index (κ3) is 4.26. The SMILES string of the molecule is CC(C)(c1[c-]c(N2[CH-]N(c3ccccc3)c3ccccc32)ccc1)c1ccc2c(n1)c1[c-]cccc1c1nc3ccccc3n21.[Pt]. The van der Waals surface area contributed by atoms with Gasteiger partial charge >= 0.3 is 0 Å². The van der Waals surface area contributed by atoms with Crippen LogP contribution in [0.3, 0.4) is 0 Å². The van der Waals surface area contributed by atoms with Crippen molar-refractivity contribution in [3.63, 3.8) is 0 Å². The summed E-state index contributed by atoms with van der Waals surface area (Å²) in [6.07, 6.45) is 0. The number of rotatable bonds is 4. The normalized spacial score (nSPS) is 13.1. The number of hydrogen-bond acceptors (Lipinski definition) is 4. The fraction of sp³-hybridized carbons (Fsp3) is 0.0750. The summed E-state index contributed by atoms with van der Waals surface area (Å²) in [7, 11) is 0. The molecular formula is C40H28N5Pt-3. The van der Waals surface area contributed by atoms with Crippen LogP contribution in [-0.4, -0.2) is 14.4 Å². The molecule has 46 heavy (non-hydrogen) atoms. The van der Waals surface area contributed by atoms with Crippen LogP contribution in [0.25, 0.3) is 38.5 Å². The first kappa shape index (κ1) is 28.5. The summed E-state index contributed by atoms with van der Waals surface area (Å²) in [5, 5.41) is 2.03. The zero-order chi connectivity index (χ0) is 30.1. The van der Waals surface area contributed by atoms with Crippen molar-refractivity contribution in [2.45, 2.75) is 19.3 Å². The molecule has 5 nitrogen and oxygen atoms in total. The first-order valence-corrected chi connectivity index (χ1v) is 15.2. The smallest absolute Gasteiger partial charge is 0.102 e. The molecule has 8 aromatic rings. The van der Waals surface area contributed by atoms with Crippen LogP contribution in [0.2, 0.25) is 0 Å². The molecule has 0 spiro atoms. The molecule has 0 atom stereocenters. The summed E-state index contributed by atoms with van der Waals surface area (Å²) in [5.41, 5.74) is 10.9. The van der Waals surface area contributed by atoms with E-state index < -0.39 is 5.41 Å². The Bertz CT molecular complexity index is 2410. The molecule has 0 fully saturated rings. The van der Waals surface area contributed by atoms with Crippen molar-refractivity contribution in [3.8, 4) is 0 Å². The molecule has 0 aliphatic carbocycles. The van der Waals surface area contributed by atoms with Gasteiger partial charge in [0.25, 0.3) is 0 Å². The van der Waals surface area contributed by atoms with Gasteiger partial charge < -0.3 is 14.2 Å². The number of para-hydroxylation sites is 5. The number of anilines is 4. The maximum atomic E-state index is 5.37. The van der Waals surface area contributed by atoms with Crippen LogP contribution in [-0.2, 0) is 26.5 Å². The minimum atomic E-state index is -0.421. The minimum Gasteiger partial charge on any atom is -0.493 e. The Morgan fingerprint density at radius 2 is 1.43 bits per heavy atom. The Balaban J connectivity index is 0.00000312.